The smallest absolute Gasteiger partial charge is 0.101 e. The van der Waals surface area contributed by atoms with E-state index >= 15 is 0 Å². The number of rotatable bonds is 4. The van der Waals surface area contributed by atoms with Gasteiger partial charge in [-0.05, 0) is 65.2 Å². The van der Waals surface area contributed by atoms with Gasteiger partial charge in [-0.2, -0.15) is 5.26 Å². The molecule has 7 aromatic carbocycles. The van der Waals surface area contributed by atoms with Gasteiger partial charge in [-0.1, -0.05) is 115 Å². The molecule has 0 saturated carbocycles. The summed E-state index contributed by atoms with van der Waals surface area (Å²) in [4.78, 5) is 0. The topological polar surface area (TPSA) is 33.6 Å². The highest BCUT2D eigenvalue weighted by Gasteiger charge is 2.20. The van der Waals surface area contributed by atoms with Gasteiger partial charge in [0.2, 0.25) is 0 Å². The number of fused-ring (bicyclic) bond motifs is 6. The van der Waals surface area contributed by atoms with Crippen molar-refractivity contribution in [1.29, 1.82) is 5.26 Å². The fraction of sp³-hybridized carbons (Fsp3) is 0. The quantitative estimate of drug-likeness (QED) is 0.202. The predicted octanol–water partition coefficient (Wildman–Crippen LogP) is 11.1. The van der Waals surface area contributed by atoms with Gasteiger partial charge in [0.15, 0.2) is 0 Å². The van der Waals surface area contributed by atoms with E-state index in [0.29, 0.717) is 5.56 Å². The van der Waals surface area contributed by atoms with Crippen LogP contribution < -0.4 is 0 Å². The molecule has 2 heterocycles. The van der Waals surface area contributed by atoms with Gasteiger partial charge in [0.05, 0.1) is 33.3 Å². The Balaban J connectivity index is 1.29. The molecule has 214 valence electrons. The minimum atomic E-state index is 0.646. The highest BCUT2D eigenvalue weighted by atomic mass is 15.0. The Kier molecular flexibility index (Phi) is 5.88. The van der Waals surface area contributed by atoms with Gasteiger partial charge >= 0.3 is 0 Å². The van der Waals surface area contributed by atoms with Crippen LogP contribution in [0.2, 0.25) is 0 Å². The van der Waals surface area contributed by atoms with E-state index in [2.05, 4.69) is 149 Å². The van der Waals surface area contributed by atoms with Gasteiger partial charge in [-0.15, -0.1) is 0 Å². The lowest BCUT2D eigenvalue weighted by molar-refractivity contribution is 1.17. The Bertz CT molecular complexity index is 2630. The first-order valence-electron chi connectivity index (χ1n) is 15.5. The number of nitrogens with zero attached hydrogens (tertiary/aromatic N) is 3. The molecule has 9 rings (SSSR count). The number of nitriles is 1. The average Bonchev–Trinajstić information content (AvgIpc) is 3.64. The molecule has 0 fully saturated rings. The summed E-state index contributed by atoms with van der Waals surface area (Å²) in [5.41, 5.74) is 11.7. The number of hydrogen-bond acceptors (Lipinski definition) is 1. The maximum Gasteiger partial charge on any atom is 0.101 e. The molecule has 2 aromatic heterocycles. The van der Waals surface area contributed by atoms with Crippen molar-refractivity contribution in [3.63, 3.8) is 0 Å². The van der Waals surface area contributed by atoms with Gasteiger partial charge in [0, 0.05) is 32.8 Å². The Hall–Kier alpha value is -6.37. The van der Waals surface area contributed by atoms with Crippen LogP contribution in [0.5, 0.6) is 0 Å². The molecule has 0 radical (unpaired) electrons. The van der Waals surface area contributed by atoms with Gasteiger partial charge in [-0.3, -0.25) is 0 Å². The van der Waals surface area contributed by atoms with E-state index in [1.54, 1.807) is 0 Å². The Morgan fingerprint density at radius 3 is 1.74 bits per heavy atom. The van der Waals surface area contributed by atoms with Crippen molar-refractivity contribution in [2.45, 2.75) is 0 Å². The van der Waals surface area contributed by atoms with Crippen molar-refractivity contribution in [3.05, 3.63) is 169 Å². The van der Waals surface area contributed by atoms with Crippen LogP contribution >= 0.6 is 0 Å². The number of para-hydroxylation sites is 4. The maximum absolute atomic E-state index is 10.3. The molecule has 3 nitrogen and oxygen atoms in total. The fourth-order valence-corrected chi connectivity index (χ4v) is 7.12. The summed E-state index contributed by atoms with van der Waals surface area (Å²) in [6.07, 6.45) is 0. The van der Waals surface area contributed by atoms with E-state index in [0.717, 1.165) is 55.4 Å². The zero-order valence-electron chi connectivity index (χ0n) is 24.9. The third-order valence-corrected chi connectivity index (χ3v) is 9.16. The Morgan fingerprint density at radius 2 is 0.978 bits per heavy atom. The van der Waals surface area contributed by atoms with Crippen LogP contribution in [-0.4, -0.2) is 9.13 Å². The summed E-state index contributed by atoms with van der Waals surface area (Å²) in [7, 11) is 0. The highest BCUT2D eigenvalue weighted by molar-refractivity contribution is 6.13. The molecule has 3 heteroatoms. The summed E-state index contributed by atoms with van der Waals surface area (Å²) in [6, 6.07) is 60.1. The first-order chi connectivity index (χ1) is 22.8. The van der Waals surface area contributed by atoms with E-state index in [1.807, 2.05) is 30.3 Å². The Labute approximate surface area is 266 Å². The van der Waals surface area contributed by atoms with Crippen LogP contribution in [0, 0.1) is 11.3 Å². The van der Waals surface area contributed by atoms with Crippen molar-refractivity contribution in [3.8, 4) is 39.7 Å². The summed E-state index contributed by atoms with van der Waals surface area (Å²) in [6.45, 7) is 0. The molecule has 0 unspecified atom stereocenters. The van der Waals surface area contributed by atoms with Crippen LogP contribution in [-0.2, 0) is 0 Å². The van der Waals surface area contributed by atoms with Crippen LogP contribution in [0.4, 0.5) is 0 Å². The maximum atomic E-state index is 10.3. The molecule has 0 aliphatic rings. The second kappa shape index (κ2) is 10.4. The lowest BCUT2D eigenvalue weighted by Gasteiger charge is -2.16. The molecule has 0 saturated heterocycles. The second-order valence-electron chi connectivity index (χ2n) is 11.7. The van der Waals surface area contributed by atoms with Gasteiger partial charge in [0.25, 0.3) is 0 Å². The monoisotopic (exact) mass is 585 g/mol. The van der Waals surface area contributed by atoms with Gasteiger partial charge < -0.3 is 9.13 Å². The first-order valence-corrected chi connectivity index (χ1v) is 15.5. The SMILES string of the molecule is N#Cc1cccc(-c2ccccc2)c1-n1c2ccccc2c2cc(-c3ccc4c5ccccc5n(-c5ccccc5)c4c3)ccc21. The summed E-state index contributed by atoms with van der Waals surface area (Å²) < 4.78 is 4.63. The second-order valence-corrected chi connectivity index (χ2v) is 11.7. The van der Waals surface area contributed by atoms with Crippen molar-refractivity contribution in [1.82, 2.24) is 9.13 Å². The minimum Gasteiger partial charge on any atom is -0.309 e. The van der Waals surface area contributed by atoms with Crippen LogP contribution in [0.25, 0.3) is 77.2 Å². The molecule has 0 atom stereocenters. The van der Waals surface area contributed by atoms with Crippen LogP contribution in [0.15, 0.2) is 164 Å². The normalized spacial score (nSPS) is 11.5. The first kappa shape index (κ1) is 26.1. The fourth-order valence-electron chi connectivity index (χ4n) is 7.12. The third kappa shape index (κ3) is 3.91. The van der Waals surface area contributed by atoms with Crippen LogP contribution in [0.3, 0.4) is 0 Å². The zero-order chi connectivity index (χ0) is 30.6. The number of hydrogen-bond donors (Lipinski definition) is 0. The lowest BCUT2D eigenvalue weighted by atomic mass is 9.99. The molecule has 0 amide bonds. The summed E-state index contributed by atoms with van der Waals surface area (Å²) in [5, 5.41) is 15.1. The largest absolute Gasteiger partial charge is 0.309 e. The number of benzene rings is 7. The average molecular weight is 586 g/mol. The summed E-state index contributed by atoms with van der Waals surface area (Å²) in [5.74, 6) is 0. The zero-order valence-corrected chi connectivity index (χ0v) is 24.9. The van der Waals surface area contributed by atoms with E-state index in [4.69, 9.17) is 0 Å². The minimum absolute atomic E-state index is 0.646. The van der Waals surface area contributed by atoms with Gasteiger partial charge in [0.1, 0.15) is 6.07 Å². The molecule has 0 spiro atoms. The predicted molar refractivity (Wildman–Crippen MR) is 191 cm³/mol. The molecule has 0 aliphatic carbocycles. The van der Waals surface area contributed by atoms with Gasteiger partial charge in [-0.25, -0.2) is 0 Å². The molecule has 0 N–H and O–H groups in total. The molecular weight excluding hydrogens is 558 g/mol. The lowest BCUT2D eigenvalue weighted by Crippen LogP contribution is -2.00. The van der Waals surface area contributed by atoms with Crippen molar-refractivity contribution in [2.24, 2.45) is 0 Å². The third-order valence-electron chi connectivity index (χ3n) is 9.16. The van der Waals surface area contributed by atoms with E-state index in [9.17, 15) is 5.26 Å². The van der Waals surface area contributed by atoms with E-state index < -0.39 is 0 Å². The van der Waals surface area contributed by atoms with Crippen LogP contribution in [0.1, 0.15) is 5.56 Å². The van der Waals surface area contributed by atoms with Crippen molar-refractivity contribution < 1.29 is 0 Å². The van der Waals surface area contributed by atoms with E-state index in [-0.39, 0.29) is 0 Å². The molecule has 0 bridgehead atoms. The standard InChI is InChI=1S/C43H27N3/c44-28-32-14-11-19-34(29-12-3-1-4-13-29)43(32)46-40-21-10-8-18-36(40)38-26-30(23-25-41(38)46)31-22-24-37-35-17-7-9-20-39(35)45(42(37)27-31)33-15-5-2-6-16-33/h1-27H. The molecule has 9 aromatic rings. The van der Waals surface area contributed by atoms with Crippen molar-refractivity contribution >= 4 is 43.6 Å². The highest BCUT2D eigenvalue weighted by Crippen LogP contribution is 2.40. The summed E-state index contributed by atoms with van der Waals surface area (Å²) >= 11 is 0. The Morgan fingerprint density at radius 1 is 0.391 bits per heavy atom. The molecular formula is C43H27N3. The molecule has 46 heavy (non-hydrogen) atoms. The van der Waals surface area contributed by atoms with E-state index in [1.165, 1.54) is 21.8 Å². The van der Waals surface area contributed by atoms with Crippen molar-refractivity contribution in [2.75, 3.05) is 0 Å². The number of aromatic nitrogens is 2. The molecule has 0 aliphatic heterocycles.